The van der Waals surface area contributed by atoms with Gasteiger partial charge in [0.25, 0.3) is 6.47 Å². The van der Waals surface area contributed by atoms with Crippen molar-refractivity contribution in [3.05, 3.63) is 0 Å². The third-order valence-corrected chi connectivity index (χ3v) is 0.773. The van der Waals surface area contributed by atoms with Gasteiger partial charge in [0.05, 0.1) is 19.3 Å². The fourth-order valence-corrected chi connectivity index (χ4v) is 0.409. The summed E-state index contributed by atoms with van der Waals surface area (Å²) in [6.45, 7) is 2.86. The number of hydrogen-bond acceptors (Lipinski definition) is 4. The van der Waals surface area contributed by atoms with Crippen molar-refractivity contribution in [2.45, 2.75) is 13.0 Å². The molecule has 0 aromatic carbocycles. The molecule has 0 aliphatic rings. The van der Waals surface area contributed by atoms with E-state index in [0.29, 0.717) is 13.1 Å². The molecule has 4 nitrogen and oxygen atoms in total. The topological polar surface area (TPSA) is 55.8 Å². The zero-order valence-electron chi connectivity index (χ0n) is 5.95. The average molecular weight is 148 g/mol. The van der Waals surface area contributed by atoms with E-state index in [9.17, 15) is 4.79 Å². The summed E-state index contributed by atoms with van der Waals surface area (Å²) in [7, 11) is 0. The highest BCUT2D eigenvalue weighted by atomic mass is 16.5. The largest absolute Gasteiger partial charge is 0.465 e. The second-order valence-corrected chi connectivity index (χ2v) is 1.89. The molecule has 0 aliphatic heterocycles. The van der Waals surface area contributed by atoms with Gasteiger partial charge in [0, 0.05) is 0 Å². The minimum Gasteiger partial charge on any atom is -0.465 e. The molecule has 0 saturated heterocycles. The molecule has 0 radical (unpaired) electrons. The Morgan fingerprint density at radius 1 is 1.60 bits per heavy atom. The van der Waals surface area contributed by atoms with Gasteiger partial charge in [-0.15, -0.1) is 0 Å². The van der Waals surface area contributed by atoms with E-state index in [-0.39, 0.29) is 13.2 Å². The molecule has 0 saturated carbocycles. The summed E-state index contributed by atoms with van der Waals surface area (Å²) in [6, 6.07) is 0. The Labute approximate surface area is 59.7 Å². The van der Waals surface area contributed by atoms with Crippen LogP contribution in [-0.2, 0) is 14.3 Å². The molecule has 0 aromatic rings. The Balaban J connectivity index is 2.83. The van der Waals surface area contributed by atoms with Crippen LogP contribution in [0.5, 0.6) is 0 Å². The van der Waals surface area contributed by atoms with Gasteiger partial charge in [-0.25, -0.2) is 0 Å². The highest BCUT2D eigenvalue weighted by molar-refractivity contribution is 5.36. The first kappa shape index (κ1) is 9.39. The molecular weight excluding hydrogens is 136 g/mol. The van der Waals surface area contributed by atoms with Gasteiger partial charge < -0.3 is 14.6 Å². The van der Waals surface area contributed by atoms with E-state index in [2.05, 4.69) is 4.74 Å². The minimum absolute atomic E-state index is 0.246. The molecule has 0 heterocycles. The highest BCUT2D eigenvalue weighted by Gasteiger charge is 1.93. The van der Waals surface area contributed by atoms with Crippen LogP contribution in [0.2, 0.25) is 0 Å². The van der Waals surface area contributed by atoms with Crippen molar-refractivity contribution >= 4 is 6.47 Å². The summed E-state index contributed by atoms with van der Waals surface area (Å²) in [5, 5.41) is 8.67. The molecule has 1 N–H and O–H groups in total. The number of carbonyl (C=O) groups is 1. The van der Waals surface area contributed by atoms with Crippen LogP contribution in [0.15, 0.2) is 0 Å². The fraction of sp³-hybridized carbons (Fsp3) is 0.833. The maximum Gasteiger partial charge on any atom is 0.293 e. The predicted octanol–water partition coefficient (Wildman–Crippen LogP) is -0.443. The fourth-order valence-electron chi connectivity index (χ4n) is 0.409. The zero-order chi connectivity index (χ0) is 7.82. The zero-order valence-corrected chi connectivity index (χ0v) is 5.95. The van der Waals surface area contributed by atoms with Crippen molar-refractivity contribution in [3.63, 3.8) is 0 Å². The Kier molecular flexibility index (Phi) is 6.11. The molecule has 1 unspecified atom stereocenters. The van der Waals surface area contributed by atoms with E-state index >= 15 is 0 Å². The monoisotopic (exact) mass is 148 g/mol. The quantitative estimate of drug-likeness (QED) is 0.409. The third-order valence-electron chi connectivity index (χ3n) is 0.773. The standard InChI is InChI=1S/C6H12O4/c1-6(8)4-9-2-3-10-5-7/h5-6,8H,2-4H2,1H3. The number of carbonyl (C=O) groups excluding carboxylic acids is 1. The second kappa shape index (κ2) is 6.51. The van der Waals surface area contributed by atoms with Gasteiger partial charge in [0.15, 0.2) is 0 Å². The lowest BCUT2D eigenvalue weighted by Crippen LogP contribution is -2.13. The van der Waals surface area contributed by atoms with E-state index in [1.54, 1.807) is 6.92 Å². The van der Waals surface area contributed by atoms with Crippen LogP contribution >= 0.6 is 0 Å². The van der Waals surface area contributed by atoms with Gasteiger partial charge in [0.2, 0.25) is 0 Å². The van der Waals surface area contributed by atoms with E-state index in [4.69, 9.17) is 9.84 Å². The molecule has 4 heteroatoms. The summed E-state index contributed by atoms with van der Waals surface area (Å²) < 4.78 is 9.19. The Hall–Kier alpha value is -0.610. The molecule has 60 valence electrons. The molecule has 0 spiro atoms. The number of aliphatic hydroxyl groups excluding tert-OH is 1. The van der Waals surface area contributed by atoms with Gasteiger partial charge in [-0.2, -0.15) is 0 Å². The lowest BCUT2D eigenvalue weighted by Gasteiger charge is -2.04. The van der Waals surface area contributed by atoms with Crippen molar-refractivity contribution in [2.75, 3.05) is 19.8 Å². The number of aliphatic hydroxyl groups is 1. The molecule has 0 rings (SSSR count). The predicted molar refractivity (Wildman–Crippen MR) is 34.5 cm³/mol. The molecule has 10 heavy (non-hydrogen) atoms. The van der Waals surface area contributed by atoms with Crippen LogP contribution in [0.4, 0.5) is 0 Å². The van der Waals surface area contributed by atoms with Crippen molar-refractivity contribution < 1.29 is 19.4 Å². The first-order chi connectivity index (χ1) is 4.77. The molecule has 0 fully saturated rings. The molecule has 0 bridgehead atoms. The van der Waals surface area contributed by atoms with E-state index in [0.717, 1.165) is 0 Å². The van der Waals surface area contributed by atoms with Gasteiger partial charge in [-0.05, 0) is 6.92 Å². The summed E-state index contributed by atoms with van der Waals surface area (Å²) in [5.74, 6) is 0. The molecule has 0 aliphatic carbocycles. The summed E-state index contributed by atoms with van der Waals surface area (Å²) in [4.78, 5) is 9.57. The van der Waals surface area contributed by atoms with Crippen molar-refractivity contribution in [1.82, 2.24) is 0 Å². The van der Waals surface area contributed by atoms with Crippen LogP contribution in [0.1, 0.15) is 6.92 Å². The summed E-state index contributed by atoms with van der Waals surface area (Å²) in [5.41, 5.74) is 0. The average Bonchev–Trinajstić information content (AvgIpc) is 1.87. The first-order valence-electron chi connectivity index (χ1n) is 3.08. The van der Waals surface area contributed by atoms with Crippen molar-refractivity contribution in [3.8, 4) is 0 Å². The first-order valence-corrected chi connectivity index (χ1v) is 3.08. The lowest BCUT2D eigenvalue weighted by molar-refractivity contribution is -0.130. The van der Waals surface area contributed by atoms with Crippen molar-refractivity contribution in [1.29, 1.82) is 0 Å². The summed E-state index contributed by atoms with van der Waals surface area (Å²) in [6.07, 6.45) is -0.462. The van der Waals surface area contributed by atoms with Gasteiger partial charge in [-0.1, -0.05) is 0 Å². The lowest BCUT2D eigenvalue weighted by atomic mass is 10.4. The number of ether oxygens (including phenoxy) is 2. The Morgan fingerprint density at radius 2 is 2.30 bits per heavy atom. The maximum absolute atomic E-state index is 9.57. The SMILES string of the molecule is CC(O)COCCOC=O. The van der Waals surface area contributed by atoms with Crippen LogP contribution in [0.3, 0.4) is 0 Å². The van der Waals surface area contributed by atoms with Crippen LogP contribution in [0, 0.1) is 0 Å². The van der Waals surface area contributed by atoms with Crippen LogP contribution < -0.4 is 0 Å². The van der Waals surface area contributed by atoms with Gasteiger partial charge in [-0.3, -0.25) is 4.79 Å². The number of rotatable bonds is 6. The Bertz CT molecular complexity index is 81.8. The van der Waals surface area contributed by atoms with Gasteiger partial charge in [0.1, 0.15) is 6.61 Å². The van der Waals surface area contributed by atoms with Gasteiger partial charge >= 0.3 is 0 Å². The third kappa shape index (κ3) is 7.39. The Morgan fingerprint density at radius 3 is 2.80 bits per heavy atom. The van der Waals surface area contributed by atoms with E-state index in [1.165, 1.54) is 0 Å². The second-order valence-electron chi connectivity index (χ2n) is 1.89. The minimum atomic E-state index is -0.462. The van der Waals surface area contributed by atoms with Crippen LogP contribution in [-0.4, -0.2) is 37.5 Å². The molecule has 1 atom stereocenters. The highest BCUT2D eigenvalue weighted by Crippen LogP contribution is 1.81. The molecular formula is C6H12O4. The summed E-state index contributed by atoms with van der Waals surface area (Å²) >= 11 is 0. The van der Waals surface area contributed by atoms with E-state index in [1.807, 2.05) is 0 Å². The number of hydrogen-bond donors (Lipinski definition) is 1. The molecule has 0 aromatic heterocycles. The maximum atomic E-state index is 9.57. The smallest absolute Gasteiger partial charge is 0.293 e. The van der Waals surface area contributed by atoms with Crippen LogP contribution in [0.25, 0.3) is 0 Å². The normalized spacial score (nSPS) is 12.6. The van der Waals surface area contributed by atoms with E-state index < -0.39 is 6.10 Å². The van der Waals surface area contributed by atoms with Crippen molar-refractivity contribution in [2.24, 2.45) is 0 Å². The molecule has 0 amide bonds.